The van der Waals surface area contributed by atoms with Gasteiger partial charge in [-0.1, -0.05) is 31.5 Å². The molecule has 1 aromatic heterocycles. The van der Waals surface area contributed by atoms with Crippen molar-refractivity contribution >= 4 is 15.8 Å². The van der Waals surface area contributed by atoms with E-state index in [4.69, 9.17) is 9.72 Å². The smallest absolute Gasteiger partial charge is 0.243 e. The number of benzene rings is 1. The Morgan fingerprint density at radius 2 is 1.83 bits per heavy atom. The van der Waals surface area contributed by atoms with Crippen molar-refractivity contribution < 1.29 is 13.2 Å². The Morgan fingerprint density at radius 3 is 2.44 bits per heavy atom. The molecule has 5 rings (SSSR count). The molecular formula is C28H36N4O3S. The summed E-state index contributed by atoms with van der Waals surface area (Å²) in [7, 11) is -3.63. The lowest BCUT2D eigenvalue weighted by Crippen LogP contribution is -2.57. The van der Waals surface area contributed by atoms with E-state index >= 15 is 0 Å². The lowest BCUT2D eigenvalue weighted by molar-refractivity contribution is -0.0407. The molecule has 1 atom stereocenters. The Hall–Kier alpha value is -2.47. The first kappa shape index (κ1) is 25.2. The van der Waals surface area contributed by atoms with Gasteiger partial charge in [0.05, 0.1) is 28.4 Å². The Balaban J connectivity index is 1.52. The second-order valence-electron chi connectivity index (χ2n) is 11.5. The van der Waals surface area contributed by atoms with Crippen molar-refractivity contribution in [2.75, 3.05) is 24.5 Å². The Labute approximate surface area is 215 Å². The predicted molar refractivity (Wildman–Crippen MR) is 139 cm³/mol. The fourth-order valence-corrected chi connectivity index (χ4v) is 7.23. The largest absolute Gasteiger partial charge is 0.370 e. The van der Waals surface area contributed by atoms with Gasteiger partial charge in [-0.25, -0.2) is 13.4 Å². The lowest BCUT2D eigenvalue weighted by Gasteiger charge is -2.43. The predicted octanol–water partition coefficient (Wildman–Crippen LogP) is 4.53. The number of rotatable bonds is 5. The van der Waals surface area contributed by atoms with Crippen LogP contribution in [0.5, 0.6) is 0 Å². The normalized spacial score (nSPS) is 22.4. The van der Waals surface area contributed by atoms with Crippen LogP contribution in [0.25, 0.3) is 0 Å². The zero-order valence-electron chi connectivity index (χ0n) is 21.9. The molecule has 8 heteroatoms. The number of pyridine rings is 1. The molecule has 192 valence electrons. The summed E-state index contributed by atoms with van der Waals surface area (Å²) in [4.78, 5) is 7.58. The fraction of sp³-hybridized carbons (Fsp3) is 0.571. The highest BCUT2D eigenvalue weighted by atomic mass is 32.2. The molecular weight excluding hydrogens is 472 g/mol. The first-order chi connectivity index (χ1) is 17.0. The summed E-state index contributed by atoms with van der Waals surface area (Å²) in [6.07, 6.45) is 2.91. The van der Waals surface area contributed by atoms with Crippen LogP contribution in [-0.2, 0) is 27.8 Å². The minimum Gasteiger partial charge on any atom is -0.370 e. The summed E-state index contributed by atoms with van der Waals surface area (Å²) in [5.74, 6) is 1.25. The van der Waals surface area contributed by atoms with Gasteiger partial charge >= 0.3 is 0 Å². The highest BCUT2D eigenvalue weighted by molar-refractivity contribution is 7.89. The zero-order valence-corrected chi connectivity index (χ0v) is 22.7. The maximum atomic E-state index is 13.6. The number of nitriles is 1. The molecule has 2 aromatic rings. The van der Waals surface area contributed by atoms with Crippen molar-refractivity contribution in [1.82, 2.24) is 9.29 Å². The average Bonchev–Trinajstić information content (AvgIpc) is 3.67. The Morgan fingerprint density at radius 1 is 1.14 bits per heavy atom. The molecule has 7 nitrogen and oxygen atoms in total. The lowest BCUT2D eigenvalue weighted by atomic mass is 9.87. The van der Waals surface area contributed by atoms with Gasteiger partial charge in [0.2, 0.25) is 10.0 Å². The van der Waals surface area contributed by atoms with Gasteiger partial charge < -0.3 is 9.64 Å². The molecule has 2 aliphatic heterocycles. The average molecular weight is 509 g/mol. The molecule has 36 heavy (non-hydrogen) atoms. The first-order valence-electron chi connectivity index (χ1n) is 12.9. The number of sulfonamides is 1. The van der Waals surface area contributed by atoms with Crippen LogP contribution >= 0.6 is 0 Å². The monoisotopic (exact) mass is 508 g/mol. The summed E-state index contributed by atoms with van der Waals surface area (Å²) in [5, 5.41) is 10.3. The van der Waals surface area contributed by atoms with Crippen LogP contribution < -0.4 is 4.90 Å². The van der Waals surface area contributed by atoms with E-state index in [0.29, 0.717) is 54.9 Å². The van der Waals surface area contributed by atoms with E-state index in [1.165, 1.54) is 0 Å². The summed E-state index contributed by atoms with van der Waals surface area (Å²) in [6.45, 7) is 12.1. The summed E-state index contributed by atoms with van der Waals surface area (Å²) < 4.78 is 35.0. The summed E-state index contributed by atoms with van der Waals surface area (Å²) >= 11 is 0. The van der Waals surface area contributed by atoms with E-state index in [2.05, 4.69) is 38.7 Å². The topological polar surface area (TPSA) is 86.5 Å². The Kier molecular flexibility index (Phi) is 6.39. The first-order valence-corrected chi connectivity index (χ1v) is 14.4. The van der Waals surface area contributed by atoms with Gasteiger partial charge in [0, 0.05) is 43.6 Å². The second kappa shape index (κ2) is 9.13. The van der Waals surface area contributed by atoms with Gasteiger partial charge in [0.25, 0.3) is 0 Å². The van der Waals surface area contributed by atoms with Gasteiger partial charge in [-0.05, 0) is 57.2 Å². The van der Waals surface area contributed by atoms with Gasteiger partial charge in [0.1, 0.15) is 11.9 Å². The molecule has 3 heterocycles. The van der Waals surface area contributed by atoms with Gasteiger partial charge in [0.15, 0.2) is 0 Å². The number of anilines is 1. The van der Waals surface area contributed by atoms with E-state index in [1.54, 1.807) is 16.4 Å². The second-order valence-corrected chi connectivity index (χ2v) is 13.3. The number of piperazine rings is 1. The van der Waals surface area contributed by atoms with Crippen molar-refractivity contribution in [3.05, 3.63) is 52.2 Å². The number of hydrogen-bond acceptors (Lipinski definition) is 6. The third kappa shape index (κ3) is 4.53. The van der Waals surface area contributed by atoms with Crippen LogP contribution in [0.1, 0.15) is 74.4 Å². The molecule has 1 aliphatic carbocycles. The van der Waals surface area contributed by atoms with Crippen LogP contribution in [0, 0.1) is 24.2 Å². The standard InChI is InChI=1S/C28H36N4O3S/c1-18(2)25-16-31(12-13-32(25)36(33,34)21-10-6-19(3)7-11-21)27-23(15-29)22-14-28(4,5)35-17-24(22)26(30-27)20-8-9-20/h6-7,10-11,18,20,25H,8-9,12-14,16-17H2,1-5H3. The molecule has 0 bridgehead atoms. The van der Waals surface area contributed by atoms with Gasteiger partial charge in [-0.3, -0.25) is 0 Å². The zero-order chi connectivity index (χ0) is 25.8. The number of ether oxygens (including phenoxy) is 1. The van der Waals surface area contributed by atoms with Crippen LogP contribution in [-0.4, -0.2) is 49.0 Å². The summed E-state index contributed by atoms with van der Waals surface area (Å²) in [6, 6.07) is 9.32. The molecule has 0 spiro atoms. The molecule has 0 radical (unpaired) electrons. The van der Waals surface area contributed by atoms with Crippen LogP contribution in [0.15, 0.2) is 29.2 Å². The molecule has 1 aromatic carbocycles. The fourth-order valence-electron chi connectivity index (χ4n) is 5.49. The van der Waals surface area contributed by atoms with E-state index in [9.17, 15) is 13.7 Å². The van der Waals surface area contributed by atoms with Crippen LogP contribution in [0.2, 0.25) is 0 Å². The number of fused-ring (bicyclic) bond motifs is 1. The molecule has 2 fully saturated rings. The van der Waals surface area contributed by atoms with Crippen molar-refractivity contribution in [2.24, 2.45) is 5.92 Å². The maximum absolute atomic E-state index is 13.6. The molecule has 1 saturated heterocycles. The minimum absolute atomic E-state index is 0.103. The van der Waals surface area contributed by atoms with E-state index in [-0.39, 0.29) is 17.6 Å². The van der Waals surface area contributed by atoms with Crippen LogP contribution in [0.4, 0.5) is 5.82 Å². The molecule has 1 saturated carbocycles. The minimum atomic E-state index is -3.63. The number of hydrogen-bond donors (Lipinski definition) is 0. The molecule has 1 unspecified atom stereocenters. The van der Waals surface area contributed by atoms with Crippen molar-refractivity contribution in [1.29, 1.82) is 5.26 Å². The number of nitrogens with zero attached hydrogens (tertiary/aromatic N) is 4. The SMILES string of the molecule is Cc1ccc(S(=O)(=O)N2CCN(c3nc(C4CC4)c4c(c3C#N)CC(C)(C)OC4)CC2C(C)C)cc1. The maximum Gasteiger partial charge on any atom is 0.243 e. The highest BCUT2D eigenvalue weighted by Gasteiger charge is 2.41. The van der Waals surface area contributed by atoms with Crippen LogP contribution in [0.3, 0.4) is 0 Å². The van der Waals surface area contributed by atoms with E-state index in [0.717, 1.165) is 35.2 Å². The van der Waals surface area contributed by atoms with Crippen molar-refractivity contribution in [3.8, 4) is 6.07 Å². The molecule has 3 aliphatic rings. The third-order valence-corrected chi connectivity index (χ3v) is 9.71. The summed E-state index contributed by atoms with van der Waals surface area (Å²) in [5.41, 5.74) is 4.56. The quantitative estimate of drug-likeness (QED) is 0.590. The van der Waals surface area contributed by atoms with Gasteiger partial charge in [-0.15, -0.1) is 0 Å². The van der Waals surface area contributed by atoms with Crippen molar-refractivity contribution in [2.45, 2.75) is 82.9 Å². The number of aromatic nitrogens is 1. The van der Waals surface area contributed by atoms with E-state index < -0.39 is 10.0 Å². The van der Waals surface area contributed by atoms with E-state index in [1.807, 2.05) is 19.1 Å². The highest BCUT2D eigenvalue weighted by Crippen LogP contribution is 2.46. The third-order valence-electron chi connectivity index (χ3n) is 7.78. The van der Waals surface area contributed by atoms with Crippen molar-refractivity contribution in [3.63, 3.8) is 0 Å². The molecule has 0 amide bonds. The van der Waals surface area contributed by atoms with Gasteiger partial charge in [-0.2, -0.15) is 9.57 Å². The number of aryl methyl sites for hydroxylation is 1. The Bertz CT molecular complexity index is 1310. The molecule has 0 N–H and O–H groups in total.